The molecule has 0 amide bonds. The van der Waals surface area contributed by atoms with Gasteiger partial charge >= 0.3 is 0 Å². The third kappa shape index (κ3) is 2.47. The highest BCUT2D eigenvalue weighted by Crippen LogP contribution is 2.30. The number of fused-ring (bicyclic) bond motifs is 1. The van der Waals surface area contributed by atoms with E-state index in [2.05, 4.69) is 5.32 Å². The molecule has 17 heavy (non-hydrogen) atoms. The summed E-state index contributed by atoms with van der Waals surface area (Å²) < 4.78 is 5.18. The highest BCUT2D eigenvalue weighted by molar-refractivity contribution is 7.80. The van der Waals surface area contributed by atoms with Crippen LogP contribution in [0.3, 0.4) is 0 Å². The maximum Gasteiger partial charge on any atom is 0.261 e. The third-order valence-electron chi connectivity index (χ3n) is 2.41. The minimum absolute atomic E-state index is 0.258. The molecule has 2 aromatic carbocycles. The molecule has 4 heteroatoms. The molecular weight excluding hydrogens is 234 g/mol. The zero-order valence-corrected chi connectivity index (χ0v) is 10.3. The zero-order valence-electron chi connectivity index (χ0n) is 9.43. The average molecular weight is 247 g/mol. The van der Waals surface area contributed by atoms with E-state index in [1.807, 2.05) is 31.2 Å². The Balaban J connectivity index is 2.41. The monoisotopic (exact) mass is 247 g/mol. The Hall–Kier alpha value is -1.81. The van der Waals surface area contributed by atoms with E-state index in [0.29, 0.717) is 11.8 Å². The van der Waals surface area contributed by atoms with Gasteiger partial charge in [0.15, 0.2) is 0 Å². The van der Waals surface area contributed by atoms with Gasteiger partial charge in [0.25, 0.3) is 5.17 Å². The quantitative estimate of drug-likeness (QED) is 0.631. The first-order valence-electron chi connectivity index (χ1n) is 5.37. The van der Waals surface area contributed by atoms with Crippen molar-refractivity contribution in [1.29, 1.82) is 0 Å². The lowest BCUT2D eigenvalue weighted by atomic mass is 10.1. The number of hydrogen-bond donors (Lipinski definition) is 2. The van der Waals surface area contributed by atoms with E-state index in [4.69, 9.17) is 17.0 Å². The van der Waals surface area contributed by atoms with Crippen LogP contribution in [-0.4, -0.2) is 16.9 Å². The van der Waals surface area contributed by atoms with Gasteiger partial charge in [-0.15, -0.1) is 0 Å². The highest BCUT2D eigenvalue weighted by atomic mass is 32.1. The van der Waals surface area contributed by atoms with Crippen molar-refractivity contribution in [1.82, 2.24) is 0 Å². The van der Waals surface area contributed by atoms with Gasteiger partial charge in [-0.25, -0.2) is 0 Å². The van der Waals surface area contributed by atoms with Gasteiger partial charge in [0.05, 0.1) is 6.61 Å². The van der Waals surface area contributed by atoms with Crippen LogP contribution >= 0.6 is 12.2 Å². The lowest BCUT2D eigenvalue weighted by Gasteiger charge is -2.11. The lowest BCUT2D eigenvalue weighted by molar-refractivity contribution is 0.335. The fourth-order valence-corrected chi connectivity index (χ4v) is 1.90. The van der Waals surface area contributed by atoms with Gasteiger partial charge in [-0.05, 0) is 31.3 Å². The van der Waals surface area contributed by atoms with Crippen LogP contribution in [-0.2, 0) is 4.74 Å². The average Bonchev–Trinajstić information content (AvgIpc) is 2.34. The van der Waals surface area contributed by atoms with E-state index in [9.17, 15) is 5.11 Å². The van der Waals surface area contributed by atoms with Crippen LogP contribution in [0.15, 0.2) is 36.4 Å². The Morgan fingerprint density at radius 2 is 1.94 bits per heavy atom. The number of thiocarbonyl (C=S) groups is 1. The van der Waals surface area contributed by atoms with E-state index in [0.717, 1.165) is 16.5 Å². The maximum atomic E-state index is 9.74. The normalized spacial score (nSPS) is 10.2. The summed E-state index contributed by atoms with van der Waals surface area (Å²) in [7, 11) is 0. The van der Waals surface area contributed by atoms with Gasteiger partial charge in [0.1, 0.15) is 5.75 Å². The molecule has 0 spiro atoms. The van der Waals surface area contributed by atoms with Gasteiger partial charge in [0, 0.05) is 16.5 Å². The minimum atomic E-state index is 0.258. The van der Waals surface area contributed by atoms with Crippen molar-refractivity contribution in [3.8, 4) is 5.75 Å². The molecule has 2 aromatic rings. The zero-order chi connectivity index (χ0) is 12.3. The summed E-state index contributed by atoms with van der Waals surface area (Å²) in [5.74, 6) is 0.258. The van der Waals surface area contributed by atoms with Crippen LogP contribution in [0.25, 0.3) is 10.8 Å². The third-order valence-corrected chi connectivity index (χ3v) is 2.63. The Morgan fingerprint density at radius 1 is 1.24 bits per heavy atom. The first kappa shape index (κ1) is 11.7. The van der Waals surface area contributed by atoms with E-state index >= 15 is 0 Å². The number of aromatic hydroxyl groups is 1. The summed E-state index contributed by atoms with van der Waals surface area (Å²) in [6, 6.07) is 11.0. The van der Waals surface area contributed by atoms with Crippen molar-refractivity contribution in [3.05, 3.63) is 36.4 Å². The molecule has 3 nitrogen and oxygen atoms in total. The molecule has 0 aliphatic heterocycles. The molecule has 0 heterocycles. The number of nitrogens with one attached hydrogen (secondary N) is 1. The van der Waals surface area contributed by atoms with Crippen LogP contribution in [0.5, 0.6) is 5.75 Å². The lowest BCUT2D eigenvalue weighted by Crippen LogP contribution is -2.13. The smallest absolute Gasteiger partial charge is 0.261 e. The predicted octanol–water partition coefficient (Wildman–Crippen LogP) is 3.28. The van der Waals surface area contributed by atoms with Crippen LogP contribution in [0, 0.1) is 0 Å². The Morgan fingerprint density at radius 3 is 2.65 bits per heavy atom. The number of phenolic OH excluding ortho intramolecular Hbond substituents is 1. The van der Waals surface area contributed by atoms with Crippen molar-refractivity contribution in [2.45, 2.75) is 6.92 Å². The molecule has 0 aliphatic rings. The van der Waals surface area contributed by atoms with Crippen LogP contribution in [0.4, 0.5) is 5.69 Å². The SMILES string of the molecule is CCOC(=S)Nc1ccc(O)c2ccccc12. The second-order valence-electron chi connectivity index (χ2n) is 3.52. The van der Waals surface area contributed by atoms with Crippen molar-refractivity contribution < 1.29 is 9.84 Å². The number of benzene rings is 2. The Bertz CT molecular complexity index is 554. The van der Waals surface area contributed by atoms with E-state index in [-0.39, 0.29) is 5.75 Å². The van der Waals surface area contributed by atoms with Crippen molar-refractivity contribution in [2.24, 2.45) is 0 Å². The topological polar surface area (TPSA) is 41.5 Å². The van der Waals surface area contributed by atoms with Gasteiger partial charge < -0.3 is 15.2 Å². The van der Waals surface area contributed by atoms with Crippen LogP contribution < -0.4 is 5.32 Å². The largest absolute Gasteiger partial charge is 0.507 e. The van der Waals surface area contributed by atoms with Gasteiger partial charge in [0.2, 0.25) is 0 Å². The predicted molar refractivity (Wildman–Crippen MR) is 73.5 cm³/mol. The molecule has 0 saturated carbocycles. The molecule has 2 rings (SSSR count). The van der Waals surface area contributed by atoms with E-state index < -0.39 is 0 Å². The van der Waals surface area contributed by atoms with Crippen LogP contribution in [0.1, 0.15) is 6.92 Å². The number of hydrogen-bond acceptors (Lipinski definition) is 3. The Kier molecular flexibility index (Phi) is 3.44. The summed E-state index contributed by atoms with van der Waals surface area (Å²) in [6.45, 7) is 2.41. The molecule has 0 aromatic heterocycles. The highest BCUT2D eigenvalue weighted by Gasteiger charge is 2.06. The maximum absolute atomic E-state index is 9.74. The molecule has 0 saturated heterocycles. The second-order valence-corrected chi connectivity index (χ2v) is 3.89. The second kappa shape index (κ2) is 5.01. The summed E-state index contributed by atoms with van der Waals surface area (Å²) in [4.78, 5) is 0. The Labute approximate surface area is 105 Å². The van der Waals surface area contributed by atoms with Gasteiger partial charge in [-0.3, -0.25) is 0 Å². The first-order chi connectivity index (χ1) is 8.22. The molecule has 0 bridgehead atoms. The minimum Gasteiger partial charge on any atom is -0.507 e. The number of ether oxygens (including phenoxy) is 1. The molecule has 0 atom stereocenters. The summed E-state index contributed by atoms with van der Waals surface area (Å²) in [6.07, 6.45) is 0. The van der Waals surface area contributed by atoms with Gasteiger partial charge in [-0.1, -0.05) is 24.3 Å². The molecule has 2 N–H and O–H groups in total. The molecule has 0 aliphatic carbocycles. The first-order valence-corrected chi connectivity index (χ1v) is 5.77. The van der Waals surface area contributed by atoms with Crippen molar-refractivity contribution in [3.63, 3.8) is 0 Å². The molecule has 0 unspecified atom stereocenters. The number of anilines is 1. The van der Waals surface area contributed by atoms with Crippen molar-refractivity contribution >= 4 is 33.9 Å². The number of rotatable bonds is 2. The molecule has 0 fully saturated rings. The summed E-state index contributed by atoms with van der Waals surface area (Å²) in [5, 5.41) is 14.8. The van der Waals surface area contributed by atoms with Gasteiger partial charge in [-0.2, -0.15) is 0 Å². The number of phenols is 1. The summed E-state index contributed by atoms with van der Waals surface area (Å²) in [5.41, 5.74) is 0.830. The molecular formula is C13H13NO2S. The fourth-order valence-electron chi connectivity index (χ4n) is 1.67. The fraction of sp³-hybridized carbons (Fsp3) is 0.154. The summed E-state index contributed by atoms with van der Waals surface area (Å²) >= 11 is 5.04. The standard InChI is InChI=1S/C13H13NO2S/c1-2-16-13(17)14-11-7-8-12(15)10-6-4-3-5-9(10)11/h3-8,15H,2H2,1H3,(H,14,17). The molecule has 0 radical (unpaired) electrons. The molecule has 88 valence electrons. The van der Waals surface area contributed by atoms with E-state index in [1.165, 1.54) is 0 Å². The van der Waals surface area contributed by atoms with Crippen molar-refractivity contribution in [2.75, 3.05) is 11.9 Å². The van der Waals surface area contributed by atoms with E-state index in [1.54, 1.807) is 12.1 Å². The van der Waals surface area contributed by atoms with Crippen LogP contribution in [0.2, 0.25) is 0 Å².